The summed E-state index contributed by atoms with van der Waals surface area (Å²) in [6.07, 6.45) is 0.481. The Morgan fingerprint density at radius 1 is 1.12 bits per heavy atom. The van der Waals surface area contributed by atoms with E-state index in [9.17, 15) is 13.2 Å². The molecule has 1 saturated heterocycles. The maximum Gasteiger partial charge on any atom is 0.237 e. The second-order valence-corrected chi connectivity index (χ2v) is 9.61. The Balaban J connectivity index is 1.76. The van der Waals surface area contributed by atoms with Crippen LogP contribution in [0.4, 0.5) is 5.69 Å². The number of amides is 1. The van der Waals surface area contributed by atoms with Crippen LogP contribution in [0.25, 0.3) is 0 Å². The first-order valence-corrected chi connectivity index (χ1v) is 11.1. The van der Waals surface area contributed by atoms with Crippen molar-refractivity contribution in [3.63, 3.8) is 0 Å². The van der Waals surface area contributed by atoms with Crippen LogP contribution in [0.15, 0.2) is 59.5 Å². The molecule has 25 heavy (non-hydrogen) atoms. The highest BCUT2D eigenvalue weighted by atomic mass is 35.5. The standard InChI is InChI=1S/C18H18ClNO3S2/c19-14-6-8-17(9-7-14)24-12-18(21)20(15-4-2-1-3-5-15)16-10-11-25(22,23)13-16/h1-9,16H,10-13H2/t16-/m1/s1. The fourth-order valence-corrected chi connectivity index (χ4v) is 5.46. The second-order valence-electron chi connectivity index (χ2n) is 5.90. The van der Waals surface area contributed by atoms with Gasteiger partial charge in [0.15, 0.2) is 9.84 Å². The number of hydrogen-bond acceptors (Lipinski definition) is 4. The lowest BCUT2D eigenvalue weighted by atomic mass is 10.2. The summed E-state index contributed by atoms with van der Waals surface area (Å²) in [6.45, 7) is 0. The van der Waals surface area contributed by atoms with Gasteiger partial charge >= 0.3 is 0 Å². The molecule has 4 nitrogen and oxygen atoms in total. The molecule has 7 heteroatoms. The van der Waals surface area contributed by atoms with Gasteiger partial charge < -0.3 is 4.90 Å². The highest BCUT2D eigenvalue weighted by Crippen LogP contribution is 2.27. The lowest BCUT2D eigenvalue weighted by molar-refractivity contribution is -0.116. The zero-order chi connectivity index (χ0) is 17.9. The first kappa shape index (κ1) is 18.3. The predicted octanol–water partition coefficient (Wildman–Crippen LogP) is 3.65. The molecule has 1 aliphatic heterocycles. The van der Waals surface area contributed by atoms with Crippen molar-refractivity contribution in [3.05, 3.63) is 59.6 Å². The van der Waals surface area contributed by atoms with E-state index in [1.54, 1.807) is 17.0 Å². The van der Waals surface area contributed by atoms with E-state index in [1.165, 1.54) is 11.8 Å². The van der Waals surface area contributed by atoms with E-state index in [2.05, 4.69) is 0 Å². The summed E-state index contributed by atoms with van der Waals surface area (Å²) in [5, 5.41) is 0.651. The molecule has 1 atom stereocenters. The molecule has 0 unspecified atom stereocenters. The molecule has 0 bridgehead atoms. The number of sulfone groups is 1. The summed E-state index contributed by atoms with van der Waals surface area (Å²) in [5.74, 6) is 0.318. The predicted molar refractivity (Wildman–Crippen MR) is 103 cm³/mol. The number of carbonyl (C=O) groups excluding carboxylic acids is 1. The number of halogens is 1. The lowest BCUT2D eigenvalue weighted by Gasteiger charge is -2.28. The van der Waals surface area contributed by atoms with E-state index >= 15 is 0 Å². The molecule has 1 fully saturated rings. The summed E-state index contributed by atoms with van der Waals surface area (Å²) >= 11 is 7.30. The molecule has 0 N–H and O–H groups in total. The third kappa shape index (κ3) is 4.77. The largest absolute Gasteiger partial charge is 0.308 e. The number of benzene rings is 2. The van der Waals surface area contributed by atoms with Gasteiger partial charge in [0.1, 0.15) is 0 Å². The van der Waals surface area contributed by atoms with Crippen LogP contribution in [0.1, 0.15) is 6.42 Å². The molecule has 1 heterocycles. The molecule has 0 saturated carbocycles. The lowest BCUT2D eigenvalue weighted by Crippen LogP contribution is -2.42. The Morgan fingerprint density at radius 2 is 1.80 bits per heavy atom. The van der Waals surface area contributed by atoms with Gasteiger partial charge in [-0.1, -0.05) is 29.8 Å². The van der Waals surface area contributed by atoms with Crippen LogP contribution in [-0.4, -0.2) is 37.6 Å². The van der Waals surface area contributed by atoms with Crippen LogP contribution >= 0.6 is 23.4 Å². The molecule has 0 radical (unpaired) electrons. The van der Waals surface area contributed by atoms with Crippen molar-refractivity contribution in [3.8, 4) is 0 Å². The van der Waals surface area contributed by atoms with E-state index in [-0.39, 0.29) is 29.2 Å². The Labute approximate surface area is 157 Å². The normalized spacial score (nSPS) is 18.8. The highest BCUT2D eigenvalue weighted by Gasteiger charge is 2.35. The monoisotopic (exact) mass is 395 g/mol. The summed E-state index contributed by atoms with van der Waals surface area (Å²) in [7, 11) is -3.07. The van der Waals surface area contributed by atoms with Crippen molar-refractivity contribution in [2.24, 2.45) is 0 Å². The summed E-state index contributed by atoms with van der Waals surface area (Å²) in [4.78, 5) is 15.5. The fourth-order valence-electron chi connectivity index (χ4n) is 2.87. The van der Waals surface area contributed by atoms with E-state index in [4.69, 9.17) is 11.6 Å². The SMILES string of the molecule is O=C(CSc1ccc(Cl)cc1)N(c1ccccc1)[C@@H]1CCS(=O)(=O)C1. The maximum atomic E-state index is 12.9. The van der Waals surface area contributed by atoms with Gasteiger partial charge in [0.05, 0.1) is 23.3 Å². The van der Waals surface area contributed by atoms with Crippen molar-refractivity contribution in [2.45, 2.75) is 17.4 Å². The molecule has 1 amide bonds. The van der Waals surface area contributed by atoms with Gasteiger partial charge in [-0.3, -0.25) is 4.79 Å². The first-order chi connectivity index (χ1) is 11.9. The van der Waals surface area contributed by atoms with E-state index in [1.807, 2.05) is 42.5 Å². The van der Waals surface area contributed by atoms with Gasteiger partial charge in [0.2, 0.25) is 5.91 Å². The topological polar surface area (TPSA) is 54.5 Å². The average Bonchev–Trinajstić information content (AvgIpc) is 2.95. The Kier molecular flexibility index (Phi) is 5.71. The number of thioether (sulfide) groups is 1. The highest BCUT2D eigenvalue weighted by molar-refractivity contribution is 8.00. The number of carbonyl (C=O) groups is 1. The average molecular weight is 396 g/mol. The number of hydrogen-bond donors (Lipinski definition) is 0. The summed E-state index contributed by atoms with van der Waals surface area (Å²) < 4.78 is 23.7. The molecule has 0 aromatic heterocycles. The van der Waals surface area contributed by atoms with Crippen LogP contribution in [-0.2, 0) is 14.6 Å². The second kappa shape index (κ2) is 7.81. The molecule has 0 aliphatic carbocycles. The Morgan fingerprint density at radius 3 is 2.40 bits per heavy atom. The van der Waals surface area contributed by atoms with Crippen molar-refractivity contribution >= 4 is 44.8 Å². The molecule has 132 valence electrons. The van der Waals surface area contributed by atoms with Crippen molar-refractivity contribution < 1.29 is 13.2 Å². The number of rotatable bonds is 5. The summed E-state index contributed by atoms with van der Waals surface area (Å²) in [5.41, 5.74) is 0.742. The third-order valence-electron chi connectivity index (χ3n) is 4.05. The molecule has 0 spiro atoms. The number of para-hydroxylation sites is 1. The molecule has 1 aliphatic rings. The zero-order valence-electron chi connectivity index (χ0n) is 13.5. The van der Waals surface area contributed by atoms with Crippen molar-refractivity contribution in [1.29, 1.82) is 0 Å². The van der Waals surface area contributed by atoms with Crippen LogP contribution in [0.3, 0.4) is 0 Å². The quantitative estimate of drug-likeness (QED) is 0.725. The van der Waals surface area contributed by atoms with E-state index < -0.39 is 9.84 Å². The van der Waals surface area contributed by atoms with Crippen molar-refractivity contribution in [1.82, 2.24) is 0 Å². The fraction of sp³-hybridized carbons (Fsp3) is 0.278. The molecule has 3 rings (SSSR count). The summed E-state index contributed by atoms with van der Waals surface area (Å²) in [6, 6.07) is 16.3. The van der Waals surface area contributed by atoms with Gasteiger partial charge in [-0.05, 0) is 42.8 Å². The molecular formula is C18H18ClNO3S2. The van der Waals surface area contributed by atoms with Gasteiger partial charge in [0.25, 0.3) is 0 Å². The third-order valence-corrected chi connectivity index (χ3v) is 7.05. The number of nitrogens with zero attached hydrogens (tertiary/aromatic N) is 1. The van der Waals surface area contributed by atoms with Gasteiger partial charge in [0, 0.05) is 15.6 Å². The smallest absolute Gasteiger partial charge is 0.237 e. The zero-order valence-corrected chi connectivity index (χ0v) is 15.9. The minimum atomic E-state index is -3.07. The van der Waals surface area contributed by atoms with Gasteiger partial charge in [-0.2, -0.15) is 0 Å². The Hall–Kier alpha value is -1.50. The van der Waals surface area contributed by atoms with E-state index in [0.717, 1.165) is 10.6 Å². The van der Waals surface area contributed by atoms with Crippen LogP contribution in [0.2, 0.25) is 5.02 Å². The molecular weight excluding hydrogens is 378 g/mol. The Bertz CT molecular complexity index is 838. The number of anilines is 1. The van der Waals surface area contributed by atoms with Gasteiger partial charge in [-0.25, -0.2) is 8.42 Å². The first-order valence-electron chi connectivity index (χ1n) is 7.90. The van der Waals surface area contributed by atoms with Crippen LogP contribution in [0.5, 0.6) is 0 Å². The van der Waals surface area contributed by atoms with E-state index in [0.29, 0.717) is 11.4 Å². The maximum absolute atomic E-state index is 12.9. The van der Waals surface area contributed by atoms with Gasteiger partial charge in [-0.15, -0.1) is 11.8 Å². The van der Waals surface area contributed by atoms with Crippen LogP contribution in [0, 0.1) is 0 Å². The minimum absolute atomic E-state index is 0.0270. The van der Waals surface area contributed by atoms with Crippen LogP contribution < -0.4 is 4.90 Å². The minimum Gasteiger partial charge on any atom is -0.308 e. The molecule has 2 aromatic carbocycles. The van der Waals surface area contributed by atoms with Crippen molar-refractivity contribution in [2.75, 3.05) is 22.2 Å². The molecule has 2 aromatic rings.